The molecule has 0 atom stereocenters. The topological polar surface area (TPSA) is 66.9 Å². The Morgan fingerprint density at radius 1 is 1.14 bits per heavy atom. The summed E-state index contributed by atoms with van der Waals surface area (Å²) in [5.74, 6) is -1.82. The van der Waals surface area contributed by atoms with Crippen LogP contribution in [0.25, 0.3) is 0 Å². The smallest absolute Gasteiger partial charge is 0.270 e. The fraction of sp³-hybridized carbons (Fsp3) is 0.214. The van der Waals surface area contributed by atoms with Crippen LogP contribution < -0.4 is 10.6 Å². The van der Waals surface area contributed by atoms with Gasteiger partial charge in [0.2, 0.25) is 0 Å². The van der Waals surface area contributed by atoms with Gasteiger partial charge in [0.25, 0.3) is 5.91 Å². The summed E-state index contributed by atoms with van der Waals surface area (Å²) in [6.45, 7) is 0. The van der Waals surface area contributed by atoms with E-state index in [9.17, 15) is 13.6 Å². The number of amides is 1. The predicted octanol–water partition coefficient (Wildman–Crippen LogP) is 2.39. The third-order valence-electron chi connectivity index (χ3n) is 3.00. The van der Waals surface area contributed by atoms with Crippen molar-refractivity contribution in [3.63, 3.8) is 0 Å². The molecule has 5 nitrogen and oxygen atoms in total. The molecule has 0 radical (unpaired) electrons. The van der Waals surface area contributed by atoms with Crippen LogP contribution in [0, 0.1) is 11.6 Å². The number of benzene rings is 1. The second-order valence-electron chi connectivity index (χ2n) is 4.79. The first kappa shape index (κ1) is 13.4. The number of carbonyl (C=O) groups excluding carboxylic acids is 1. The van der Waals surface area contributed by atoms with Crippen molar-refractivity contribution in [2.75, 3.05) is 5.32 Å². The zero-order valence-corrected chi connectivity index (χ0v) is 10.9. The highest BCUT2D eigenvalue weighted by Crippen LogP contribution is 2.20. The van der Waals surface area contributed by atoms with E-state index in [1.807, 2.05) is 0 Å². The SMILES string of the molecule is O=C(NC1CC1)c1cc(Nc2ccc(F)c(F)c2)ncn1. The molecule has 1 heterocycles. The van der Waals surface area contributed by atoms with Crippen LogP contribution in [0.1, 0.15) is 23.3 Å². The summed E-state index contributed by atoms with van der Waals surface area (Å²) in [4.78, 5) is 19.7. The molecule has 1 saturated carbocycles. The van der Waals surface area contributed by atoms with Gasteiger partial charge in [-0.15, -0.1) is 0 Å². The van der Waals surface area contributed by atoms with Gasteiger partial charge < -0.3 is 10.6 Å². The van der Waals surface area contributed by atoms with Gasteiger partial charge in [0.1, 0.15) is 17.8 Å². The van der Waals surface area contributed by atoms with Gasteiger partial charge in [-0.25, -0.2) is 18.7 Å². The van der Waals surface area contributed by atoms with E-state index in [0.29, 0.717) is 11.5 Å². The molecule has 1 aromatic heterocycles. The Bertz CT molecular complexity index is 688. The first-order valence-corrected chi connectivity index (χ1v) is 6.47. The Hall–Kier alpha value is -2.57. The highest BCUT2D eigenvalue weighted by Gasteiger charge is 2.24. The van der Waals surface area contributed by atoms with E-state index in [1.165, 1.54) is 18.5 Å². The number of hydrogen-bond acceptors (Lipinski definition) is 4. The van der Waals surface area contributed by atoms with Crippen LogP contribution in [0.2, 0.25) is 0 Å². The van der Waals surface area contributed by atoms with Crippen molar-refractivity contribution in [1.29, 1.82) is 0 Å². The van der Waals surface area contributed by atoms with Crippen LogP contribution in [-0.2, 0) is 0 Å². The third-order valence-corrected chi connectivity index (χ3v) is 3.00. The van der Waals surface area contributed by atoms with Gasteiger partial charge in [0.05, 0.1) is 0 Å². The molecule has 1 aliphatic rings. The Morgan fingerprint density at radius 2 is 1.95 bits per heavy atom. The Labute approximate surface area is 119 Å². The maximum absolute atomic E-state index is 13.1. The van der Waals surface area contributed by atoms with Gasteiger partial charge in [-0.05, 0) is 25.0 Å². The molecule has 2 aromatic rings. The molecule has 108 valence electrons. The summed E-state index contributed by atoms with van der Waals surface area (Å²) in [6, 6.07) is 5.10. The first-order chi connectivity index (χ1) is 10.1. The number of nitrogens with zero attached hydrogens (tertiary/aromatic N) is 2. The number of aromatic nitrogens is 2. The molecule has 0 spiro atoms. The van der Waals surface area contributed by atoms with Gasteiger partial charge >= 0.3 is 0 Å². The molecule has 1 fully saturated rings. The van der Waals surface area contributed by atoms with E-state index in [-0.39, 0.29) is 17.6 Å². The van der Waals surface area contributed by atoms with Crippen molar-refractivity contribution in [2.45, 2.75) is 18.9 Å². The van der Waals surface area contributed by atoms with Crippen molar-refractivity contribution in [2.24, 2.45) is 0 Å². The standard InChI is InChI=1S/C14H12F2N4O/c15-10-4-3-9(5-11(10)16)19-13-6-12(17-7-18-13)14(21)20-8-1-2-8/h3-8H,1-2H2,(H,20,21)(H,17,18,19). The first-order valence-electron chi connectivity index (χ1n) is 6.47. The van der Waals surface area contributed by atoms with Gasteiger partial charge in [-0.3, -0.25) is 4.79 Å². The molecular weight excluding hydrogens is 278 g/mol. The van der Waals surface area contributed by atoms with Gasteiger partial charge in [-0.1, -0.05) is 0 Å². The summed E-state index contributed by atoms with van der Waals surface area (Å²) in [5, 5.41) is 5.61. The fourth-order valence-electron chi connectivity index (χ4n) is 1.76. The number of carbonyl (C=O) groups is 1. The normalized spacial score (nSPS) is 13.8. The average molecular weight is 290 g/mol. The summed E-state index contributed by atoms with van der Waals surface area (Å²) < 4.78 is 26.0. The van der Waals surface area contributed by atoms with Crippen LogP contribution in [-0.4, -0.2) is 21.9 Å². The molecule has 2 N–H and O–H groups in total. The largest absolute Gasteiger partial charge is 0.348 e. The molecule has 1 aliphatic carbocycles. The number of hydrogen-bond donors (Lipinski definition) is 2. The van der Waals surface area contributed by atoms with Crippen molar-refractivity contribution < 1.29 is 13.6 Å². The lowest BCUT2D eigenvalue weighted by atomic mass is 10.3. The number of anilines is 2. The molecule has 0 saturated heterocycles. The van der Waals surface area contributed by atoms with Crippen molar-refractivity contribution in [3.8, 4) is 0 Å². The maximum atomic E-state index is 13.1. The second-order valence-corrected chi connectivity index (χ2v) is 4.79. The van der Waals surface area contributed by atoms with Gasteiger partial charge in [0.15, 0.2) is 11.6 Å². The molecule has 1 aromatic carbocycles. The Morgan fingerprint density at radius 3 is 2.67 bits per heavy atom. The summed E-state index contributed by atoms with van der Waals surface area (Å²) in [6.07, 6.45) is 3.21. The third kappa shape index (κ3) is 3.31. The lowest BCUT2D eigenvalue weighted by Gasteiger charge is -2.07. The van der Waals surface area contributed by atoms with E-state index in [2.05, 4.69) is 20.6 Å². The number of halogens is 2. The van der Waals surface area contributed by atoms with E-state index in [4.69, 9.17) is 0 Å². The van der Waals surface area contributed by atoms with E-state index in [1.54, 1.807) is 0 Å². The van der Waals surface area contributed by atoms with E-state index < -0.39 is 11.6 Å². The lowest BCUT2D eigenvalue weighted by molar-refractivity contribution is 0.0946. The number of rotatable bonds is 4. The molecule has 0 unspecified atom stereocenters. The zero-order valence-electron chi connectivity index (χ0n) is 10.9. The van der Waals surface area contributed by atoms with E-state index in [0.717, 1.165) is 25.0 Å². The molecule has 0 aliphatic heterocycles. The second kappa shape index (κ2) is 5.43. The fourth-order valence-corrected chi connectivity index (χ4v) is 1.76. The Balaban J connectivity index is 1.75. The van der Waals surface area contributed by atoms with Gasteiger partial charge in [0, 0.05) is 23.9 Å². The van der Waals surface area contributed by atoms with Crippen LogP contribution >= 0.6 is 0 Å². The van der Waals surface area contributed by atoms with Crippen LogP contribution in [0.3, 0.4) is 0 Å². The summed E-state index contributed by atoms with van der Waals surface area (Å²) >= 11 is 0. The average Bonchev–Trinajstić information content (AvgIpc) is 3.27. The van der Waals surface area contributed by atoms with Gasteiger partial charge in [-0.2, -0.15) is 0 Å². The lowest BCUT2D eigenvalue weighted by Crippen LogP contribution is -2.26. The molecule has 3 rings (SSSR count). The zero-order chi connectivity index (χ0) is 14.8. The highest BCUT2D eigenvalue weighted by molar-refractivity contribution is 5.93. The minimum absolute atomic E-state index is 0.224. The van der Waals surface area contributed by atoms with Crippen molar-refractivity contribution in [1.82, 2.24) is 15.3 Å². The predicted molar refractivity (Wildman–Crippen MR) is 72.2 cm³/mol. The quantitative estimate of drug-likeness (QED) is 0.907. The molecule has 0 bridgehead atoms. The number of nitrogens with one attached hydrogen (secondary N) is 2. The minimum atomic E-state index is -0.958. The monoisotopic (exact) mass is 290 g/mol. The van der Waals surface area contributed by atoms with E-state index >= 15 is 0 Å². The molecule has 1 amide bonds. The molecule has 7 heteroatoms. The summed E-state index contributed by atoms with van der Waals surface area (Å²) in [7, 11) is 0. The van der Waals surface area contributed by atoms with Crippen LogP contribution in [0.15, 0.2) is 30.6 Å². The minimum Gasteiger partial charge on any atom is -0.348 e. The molecule has 21 heavy (non-hydrogen) atoms. The Kier molecular flexibility index (Phi) is 3.47. The molecular formula is C14H12F2N4O. The van der Waals surface area contributed by atoms with Crippen molar-refractivity contribution >= 4 is 17.4 Å². The van der Waals surface area contributed by atoms with Crippen LogP contribution in [0.4, 0.5) is 20.3 Å². The maximum Gasteiger partial charge on any atom is 0.270 e. The highest BCUT2D eigenvalue weighted by atomic mass is 19.2. The van der Waals surface area contributed by atoms with Crippen molar-refractivity contribution in [3.05, 3.63) is 47.9 Å². The summed E-state index contributed by atoms with van der Waals surface area (Å²) in [5.41, 5.74) is 0.558. The van der Waals surface area contributed by atoms with Crippen LogP contribution in [0.5, 0.6) is 0 Å².